The van der Waals surface area contributed by atoms with Crippen molar-refractivity contribution in [2.75, 3.05) is 0 Å². The normalized spacial score (nSPS) is 11.6. The van der Waals surface area contributed by atoms with E-state index in [-0.39, 0.29) is 5.56 Å². The van der Waals surface area contributed by atoms with Crippen molar-refractivity contribution < 1.29 is 0 Å². The minimum atomic E-state index is -0.189. The molecule has 0 fully saturated rings. The van der Waals surface area contributed by atoms with Crippen LogP contribution in [0.5, 0.6) is 0 Å². The lowest BCUT2D eigenvalue weighted by Crippen LogP contribution is -2.20. The largest absolute Gasteiger partial charge is 0.350 e. The smallest absolute Gasteiger partial charge is 0.282 e. The van der Waals surface area contributed by atoms with Crippen LogP contribution in [-0.4, -0.2) is 20.4 Å². The summed E-state index contributed by atoms with van der Waals surface area (Å²) in [4.78, 5) is 17.9. The summed E-state index contributed by atoms with van der Waals surface area (Å²) in [7, 11) is 2.00. The molecule has 0 aliphatic rings. The van der Waals surface area contributed by atoms with Gasteiger partial charge in [-0.15, -0.1) is 0 Å². The van der Waals surface area contributed by atoms with Gasteiger partial charge in [-0.25, -0.2) is 4.98 Å². The fourth-order valence-electron chi connectivity index (χ4n) is 3.60. The van der Waals surface area contributed by atoms with E-state index in [2.05, 4.69) is 21.8 Å². The van der Waals surface area contributed by atoms with Crippen LogP contribution in [-0.2, 0) is 7.05 Å². The molecule has 0 saturated carbocycles. The quantitative estimate of drug-likeness (QED) is 0.436. The molecule has 5 nitrogen and oxygen atoms in total. The number of aryl methyl sites for hydroxylation is 1. The molecule has 3 aromatic carbocycles. The SMILES string of the molecule is Cn1cc(C=Nn2c(-c3ccccc3)nc3ccccc3c2=O)c2ccccc21. The molecule has 0 atom stereocenters. The summed E-state index contributed by atoms with van der Waals surface area (Å²) in [6, 6.07) is 25.1. The van der Waals surface area contributed by atoms with Crippen LogP contribution in [0.3, 0.4) is 0 Å². The maximum atomic E-state index is 13.2. The van der Waals surface area contributed by atoms with Gasteiger partial charge in [0.15, 0.2) is 5.82 Å². The van der Waals surface area contributed by atoms with Gasteiger partial charge in [0.25, 0.3) is 5.56 Å². The monoisotopic (exact) mass is 378 g/mol. The Balaban J connectivity index is 1.74. The Labute approximate surface area is 167 Å². The average molecular weight is 378 g/mol. The van der Waals surface area contributed by atoms with E-state index in [4.69, 9.17) is 4.98 Å². The van der Waals surface area contributed by atoms with Gasteiger partial charge >= 0.3 is 0 Å². The van der Waals surface area contributed by atoms with Crippen molar-refractivity contribution in [3.63, 3.8) is 0 Å². The number of hydrogen-bond acceptors (Lipinski definition) is 3. The van der Waals surface area contributed by atoms with Gasteiger partial charge in [0, 0.05) is 35.3 Å². The Morgan fingerprint density at radius 2 is 1.55 bits per heavy atom. The fraction of sp³-hybridized carbons (Fsp3) is 0.0417. The summed E-state index contributed by atoms with van der Waals surface area (Å²) in [6.45, 7) is 0. The van der Waals surface area contributed by atoms with Gasteiger partial charge in [0.1, 0.15) is 0 Å². The van der Waals surface area contributed by atoms with Crippen molar-refractivity contribution in [3.8, 4) is 11.4 Å². The van der Waals surface area contributed by atoms with Crippen LogP contribution in [0.15, 0.2) is 95.0 Å². The van der Waals surface area contributed by atoms with Gasteiger partial charge in [-0.05, 0) is 18.2 Å². The van der Waals surface area contributed by atoms with E-state index in [0.717, 1.165) is 22.0 Å². The molecular formula is C24H18N4O. The summed E-state index contributed by atoms with van der Waals surface area (Å²) in [5, 5.41) is 6.20. The van der Waals surface area contributed by atoms with E-state index in [1.54, 1.807) is 12.3 Å². The van der Waals surface area contributed by atoms with Gasteiger partial charge in [-0.1, -0.05) is 60.7 Å². The second kappa shape index (κ2) is 6.87. The Bertz CT molecular complexity index is 1430. The maximum absolute atomic E-state index is 13.2. The molecule has 0 amide bonds. The molecule has 0 bridgehead atoms. The number of para-hydroxylation sites is 2. The molecule has 5 rings (SSSR count). The summed E-state index contributed by atoms with van der Waals surface area (Å²) in [5.74, 6) is 0.519. The highest BCUT2D eigenvalue weighted by Crippen LogP contribution is 2.20. The van der Waals surface area contributed by atoms with E-state index >= 15 is 0 Å². The van der Waals surface area contributed by atoms with Crippen LogP contribution in [0.1, 0.15) is 5.56 Å². The molecule has 0 spiro atoms. The lowest BCUT2D eigenvalue weighted by molar-refractivity contribution is 0.829. The second-order valence-electron chi connectivity index (χ2n) is 6.89. The Kier molecular flexibility index (Phi) is 4.06. The van der Waals surface area contributed by atoms with Gasteiger partial charge in [-0.2, -0.15) is 9.78 Å². The molecule has 0 N–H and O–H groups in total. The standard InChI is InChI=1S/C24H18N4O/c1-27-16-18(19-11-6-8-14-22(19)27)15-25-28-23(17-9-3-2-4-10-17)26-21-13-7-5-12-20(21)24(28)29/h2-16H,1H3. The van der Waals surface area contributed by atoms with E-state index in [9.17, 15) is 4.79 Å². The summed E-state index contributed by atoms with van der Waals surface area (Å²) in [5.41, 5.74) is 3.37. The van der Waals surface area contributed by atoms with Crippen molar-refractivity contribution in [2.24, 2.45) is 12.1 Å². The zero-order valence-corrected chi connectivity index (χ0v) is 15.9. The lowest BCUT2D eigenvalue weighted by Gasteiger charge is -2.09. The minimum Gasteiger partial charge on any atom is -0.350 e. The van der Waals surface area contributed by atoms with Crippen molar-refractivity contribution in [1.29, 1.82) is 0 Å². The van der Waals surface area contributed by atoms with E-state index < -0.39 is 0 Å². The van der Waals surface area contributed by atoms with Crippen molar-refractivity contribution in [2.45, 2.75) is 0 Å². The van der Waals surface area contributed by atoms with Gasteiger partial charge in [0.2, 0.25) is 0 Å². The van der Waals surface area contributed by atoms with Crippen LogP contribution >= 0.6 is 0 Å². The summed E-state index contributed by atoms with van der Waals surface area (Å²) in [6.07, 6.45) is 3.74. The topological polar surface area (TPSA) is 52.2 Å². The first-order chi connectivity index (χ1) is 14.2. The molecule has 29 heavy (non-hydrogen) atoms. The molecule has 5 aromatic rings. The maximum Gasteiger partial charge on any atom is 0.282 e. The zero-order chi connectivity index (χ0) is 19.8. The summed E-state index contributed by atoms with van der Waals surface area (Å²) >= 11 is 0. The van der Waals surface area contributed by atoms with E-state index in [1.165, 1.54) is 4.68 Å². The first kappa shape index (κ1) is 17.1. The van der Waals surface area contributed by atoms with Crippen molar-refractivity contribution in [3.05, 3.63) is 101 Å². The molecule has 0 aliphatic carbocycles. The third-order valence-corrected chi connectivity index (χ3v) is 5.03. The molecule has 2 heterocycles. The zero-order valence-electron chi connectivity index (χ0n) is 15.9. The Hall–Kier alpha value is -3.99. The number of hydrogen-bond donors (Lipinski definition) is 0. The van der Waals surface area contributed by atoms with E-state index in [1.807, 2.05) is 73.9 Å². The highest BCUT2D eigenvalue weighted by atomic mass is 16.1. The molecule has 140 valence electrons. The average Bonchev–Trinajstić information content (AvgIpc) is 3.09. The van der Waals surface area contributed by atoms with Crippen LogP contribution in [0.4, 0.5) is 0 Å². The molecule has 0 unspecified atom stereocenters. The van der Waals surface area contributed by atoms with Crippen LogP contribution in [0.25, 0.3) is 33.2 Å². The molecular weight excluding hydrogens is 360 g/mol. The van der Waals surface area contributed by atoms with Crippen LogP contribution in [0.2, 0.25) is 0 Å². The van der Waals surface area contributed by atoms with Gasteiger partial charge in [0.05, 0.1) is 17.1 Å². The third kappa shape index (κ3) is 2.93. The minimum absolute atomic E-state index is 0.189. The number of nitrogens with zero attached hydrogens (tertiary/aromatic N) is 4. The fourth-order valence-corrected chi connectivity index (χ4v) is 3.60. The van der Waals surface area contributed by atoms with E-state index in [0.29, 0.717) is 16.7 Å². The van der Waals surface area contributed by atoms with Crippen LogP contribution in [0, 0.1) is 0 Å². The number of aromatic nitrogens is 3. The van der Waals surface area contributed by atoms with Crippen LogP contribution < -0.4 is 5.56 Å². The molecule has 0 saturated heterocycles. The highest BCUT2D eigenvalue weighted by molar-refractivity contribution is 5.99. The lowest BCUT2D eigenvalue weighted by atomic mass is 10.2. The summed E-state index contributed by atoms with van der Waals surface area (Å²) < 4.78 is 3.44. The number of rotatable bonds is 3. The predicted molar refractivity (Wildman–Crippen MR) is 117 cm³/mol. The number of fused-ring (bicyclic) bond motifs is 2. The highest BCUT2D eigenvalue weighted by Gasteiger charge is 2.12. The third-order valence-electron chi connectivity index (χ3n) is 5.03. The molecule has 5 heteroatoms. The molecule has 0 aliphatic heterocycles. The predicted octanol–water partition coefficient (Wildman–Crippen LogP) is 4.44. The Morgan fingerprint density at radius 1 is 0.862 bits per heavy atom. The first-order valence-electron chi connectivity index (χ1n) is 9.38. The second-order valence-corrected chi connectivity index (χ2v) is 6.89. The molecule has 0 radical (unpaired) electrons. The first-order valence-corrected chi connectivity index (χ1v) is 9.38. The molecule has 2 aromatic heterocycles. The Morgan fingerprint density at radius 3 is 2.38 bits per heavy atom. The number of benzene rings is 3. The van der Waals surface area contributed by atoms with Crippen molar-refractivity contribution >= 4 is 28.0 Å². The van der Waals surface area contributed by atoms with Crippen molar-refractivity contribution in [1.82, 2.24) is 14.2 Å². The van der Waals surface area contributed by atoms with Gasteiger partial charge in [-0.3, -0.25) is 4.79 Å². The van der Waals surface area contributed by atoms with Gasteiger partial charge < -0.3 is 4.57 Å².